The molecule has 0 unspecified atom stereocenters. The summed E-state index contributed by atoms with van der Waals surface area (Å²) in [7, 11) is 0. The molecule has 0 bridgehead atoms. The van der Waals surface area contributed by atoms with Crippen LogP contribution in [0.15, 0.2) is 36.0 Å². The number of benzene rings is 1. The standard InChI is InChI=1S/C10H12N2O2/c11-6-10(7-13)12-14-8-9-4-2-1-3-5-9/h1-5,12H,6,8,11H2. The van der Waals surface area contributed by atoms with E-state index in [1.54, 1.807) is 5.94 Å². The van der Waals surface area contributed by atoms with Gasteiger partial charge in [0.1, 0.15) is 11.6 Å². The predicted octanol–water partition coefficient (Wildman–Crippen LogP) is 0.382. The molecular formula is C10H12N2O2. The van der Waals surface area contributed by atoms with Crippen molar-refractivity contribution in [1.82, 2.24) is 5.48 Å². The maximum absolute atomic E-state index is 10.2. The molecule has 1 aromatic rings. The molecule has 0 aliphatic heterocycles. The van der Waals surface area contributed by atoms with Gasteiger partial charge in [-0.15, -0.1) is 0 Å². The average molecular weight is 192 g/mol. The van der Waals surface area contributed by atoms with E-state index in [1.165, 1.54) is 0 Å². The van der Waals surface area contributed by atoms with Crippen LogP contribution in [0.1, 0.15) is 5.56 Å². The fraction of sp³-hybridized carbons (Fsp3) is 0.200. The van der Waals surface area contributed by atoms with Gasteiger partial charge in [-0.3, -0.25) is 10.3 Å². The van der Waals surface area contributed by atoms with Gasteiger partial charge < -0.3 is 5.73 Å². The maximum atomic E-state index is 10.2. The lowest BCUT2D eigenvalue weighted by molar-refractivity contribution is 0.0494. The Morgan fingerprint density at radius 1 is 1.43 bits per heavy atom. The molecule has 0 saturated carbocycles. The van der Waals surface area contributed by atoms with Crippen LogP contribution in [-0.4, -0.2) is 12.5 Å². The van der Waals surface area contributed by atoms with Crippen LogP contribution in [0.25, 0.3) is 0 Å². The summed E-state index contributed by atoms with van der Waals surface area (Å²) < 4.78 is 0. The summed E-state index contributed by atoms with van der Waals surface area (Å²) in [6.45, 7) is 0.476. The predicted molar refractivity (Wildman–Crippen MR) is 52.6 cm³/mol. The maximum Gasteiger partial charge on any atom is 0.149 e. The SMILES string of the molecule is NCC(=C=O)NOCc1ccccc1. The molecule has 4 nitrogen and oxygen atoms in total. The van der Waals surface area contributed by atoms with Gasteiger partial charge >= 0.3 is 0 Å². The van der Waals surface area contributed by atoms with E-state index in [1.807, 2.05) is 30.3 Å². The minimum Gasteiger partial charge on any atom is -0.325 e. The van der Waals surface area contributed by atoms with Gasteiger partial charge in [0, 0.05) is 6.54 Å². The lowest BCUT2D eigenvalue weighted by Gasteiger charge is -2.05. The molecule has 0 aliphatic rings. The van der Waals surface area contributed by atoms with E-state index < -0.39 is 0 Å². The number of hydroxylamine groups is 1. The summed E-state index contributed by atoms with van der Waals surface area (Å²) in [6, 6.07) is 9.60. The molecular weight excluding hydrogens is 180 g/mol. The van der Waals surface area contributed by atoms with E-state index in [9.17, 15) is 4.79 Å². The van der Waals surface area contributed by atoms with Crippen molar-refractivity contribution in [3.05, 3.63) is 41.6 Å². The van der Waals surface area contributed by atoms with Crippen molar-refractivity contribution in [2.24, 2.45) is 5.73 Å². The molecule has 1 aromatic carbocycles. The first-order chi connectivity index (χ1) is 6.86. The molecule has 3 N–H and O–H groups in total. The smallest absolute Gasteiger partial charge is 0.149 e. The van der Waals surface area contributed by atoms with Crippen LogP contribution in [0.4, 0.5) is 0 Å². The molecule has 4 heteroatoms. The minimum atomic E-state index is 0.0955. The molecule has 0 radical (unpaired) electrons. The Morgan fingerprint density at radius 3 is 2.71 bits per heavy atom. The van der Waals surface area contributed by atoms with E-state index in [2.05, 4.69) is 5.48 Å². The van der Waals surface area contributed by atoms with E-state index in [0.717, 1.165) is 5.56 Å². The summed E-state index contributed by atoms with van der Waals surface area (Å²) in [5.41, 5.74) is 8.88. The second-order valence-electron chi connectivity index (χ2n) is 2.66. The summed E-state index contributed by atoms with van der Waals surface area (Å²) in [5, 5.41) is 0. The van der Waals surface area contributed by atoms with Gasteiger partial charge in [-0.25, -0.2) is 4.79 Å². The lowest BCUT2D eigenvalue weighted by Crippen LogP contribution is -2.21. The van der Waals surface area contributed by atoms with Crippen molar-refractivity contribution in [2.75, 3.05) is 6.54 Å². The minimum absolute atomic E-state index is 0.0955. The van der Waals surface area contributed by atoms with E-state index in [0.29, 0.717) is 6.61 Å². The van der Waals surface area contributed by atoms with Gasteiger partial charge in [0.2, 0.25) is 0 Å². The quantitative estimate of drug-likeness (QED) is 0.523. The Kier molecular flexibility index (Phi) is 4.44. The normalized spacial score (nSPS) is 9.21. The zero-order chi connectivity index (χ0) is 10.2. The van der Waals surface area contributed by atoms with Crippen molar-refractivity contribution in [3.63, 3.8) is 0 Å². The largest absolute Gasteiger partial charge is 0.325 e. The van der Waals surface area contributed by atoms with Crippen molar-refractivity contribution in [2.45, 2.75) is 6.61 Å². The van der Waals surface area contributed by atoms with Crippen LogP contribution in [0, 0.1) is 0 Å². The van der Waals surface area contributed by atoms with Crippen molar-refractivity contribution < 1.29 is 9.63 Å². The summed E-state index contributed by atoms with van der Waals surface area (Å²) in [5.74, 6) is 1.64. The average Bonchev–Trinajstić information content (AvgIpc) is 2.26. The molecule has 0 spiro atoms. The highest BCUT2D eigenvalue weighted by Gasteiger charge is 1.94. The Balaban J connectivity index is 2.32. The summed E-state index contributed by atoms with van der Waals surface area (Å²) in [6.07, 6.45) is 0. The molecule has 0 heterocycles. The molecule has 14 heavy (non-hydrogen) atoms. The van der Waals surface area contributed by atoms with Gasteiger partial charge in [-0.2, -0.15) is 0 Å². The lowest BCUT2D eigenvalue weighted by atomic mass is 10.2. The van der Waals surface area contributed by atoms with E-state index in [-0.39, 0.29) is 12.2 Å². The number of rotatable bonds is 5. The first-order valence-corrected chi connectivity index (χ1v) is 4.22. The zero-order valence-electron chi connectivity index (χ0n) is 7.69. The molecule has 0 atom stereocenters. The second kappa shape index (κ2) is 5.94. The van der Waals surface area contributed by atoms with Crippen LogP contribution >= 0.6 is 0 Å². The van der Waals surface area contributed by atoms with Gasteiger partial charge in [0.15, 0.2) is 0 Å². The molecule has 0 aliphatic carbocycles. The number of nitrogens with two attached hydrogens (primary N) is 1. The fourth-order valence-electron chi connectivity index (χ4n) is 0.885. The molecule has 0 fully saturated rings. The Bertz CT molecular complexity index is 318. The molecule has 1 rings (SSSR count). The highest BCUT2D eigenvalue weighted by Crippen LogP contribution is 1.99. The summed E-state index contributed by atoms with van der Waals surface area (Å²) >= 11 is 0. The first kappa shape index (κ1) is 10.5. The third-order valence-electron chi connectivity index (χ3n) is 1.60. The molecule has 0 amide bonds. The Hall–Kier alpha value is -1.61. The topological polar surface area (TPSA) is 64.4 Å². The molecule has 74 valence electrons. The van der Waals surface area contributed by atoms with Crippen LogP contribution < -0.4 is 11.2 Å². The van der Waals surface area contributed by atoms with Crippen LogP contribution in [0.3, 0.4) is 0 Å². The highest BCUT2D eigenvalue weighted by atomic mass is 16.6. The highest BCUT2D eigenvalue weighted by molar-refractivity contribution is 5.51. The number of hydrogen-bond donors (Lipinski definition) is 2. The molecule has 0 aromatic heterocycles. The van der Waals surface area contributed by atoms with Crippen LogP contribution in [-0.2, 0) is 16.2 Å². The molecule has 0 saturated heterocycles. The van der Waals surface area contributed by atoms with Gasteiger partial charge in [-0.05, 0) is 5.56 Å². The van der Waals surface area contributed by atoms with Crippen molar-refractivity contribution >= 4 is 5.94 Å². The van der Waals surface area contributed by atoms with Crippen molar-refractivity contribution in [1.29, 1.82) is 0 Å². The van der Waals surface area contributed by atoms with Gasteiger partial charge in [-0.1, -0.05) is 30.3 Å². The third kappa shape index (κ3) is 3.41. The van der Waals surface area contributed by atoms with Crippen LogP contribution in [0.2, 0.25) is 0 Å². The summed E-state index contributed by atoms with van der Waals surface area (Å²) in [4.78, 5) is 15.2. The van der Waals surface area contributed by atoms with Gasteiger partial charge in [0.25, 0.3) is 0 Å². The Morgan fingerprint density at radius 2 is 2.14 bits per heavy atom. The Labute approximate surface area is 82.3 Å². The zero-order valence-corrected chi connectivity index (χ0v) is 7.69. The van der Waals surface area contributed by atoms with E-state index >= 15 is 0 Å². The number of nitrogens with one attached hydrogen (secondary N) is 1. The van der Waals surface area contributed by atoms with E-state index in [4.69, 9.17) is 10.6 Å². The van der Waals surface area contributed by atoms with Crippen molar-refractivity contribution in [3.8, 4) is 0 Å². The second-order valence-corrected chi connectivity index (χ2v) is 2.66. The van der Waals surface area contributed by atoms with Gasteiger partial charge in [0.05, 0.1) is 6.61 Å². The number of hydrogen-bond acceptors (Lipinski definition) is 4. The van der Waals surface area contributed by atoms with Crippen LogP contribution in [0.5, 0.6) is 0 Å². The fourth-order valence-corrected chi connectivity index (χ4v) is 0.885. The first-order valence-electron chi connectivity index (χ1n) is 4.22. The monoisotopic (exact) mass is 192 g/mol. The number of carbonyl (C=O) groups excluding carboxylic acids is 1. The third-order valence-corrected chi connectivity index (χ3v) is 1.60.